The first-order chi connectivity index (χ1) is 20.9. The summed E-state index contributed by atoms with van der Waals surface area (Å²) in [5, 5.41) is 13.7. The van der Waals surface area contributed by atoms with Gasteiger partial charge in [0.15, 0.2) is 0 Å². The molecule has 10 nitrogen and oxygen atoms in total. The molecule has 224 valence electrons. The Morgan fingerprint density at radius 3 is 2.58 bits per heavy atom. The van der Waals surface area contributed by atoms with Crippen LogP contribution in [0.25, 0.3) is 11.1 Å². The number of unbranched alkanes of at least 4 members (excludes halogenated alkanes) is 2. The summed E-state index contributed by atoms with van der Waals surface area (Å²) in [6.45, 7) is 5.03. The summed E-state index contributed by atoms with van der Waals surface area (Å²) >= 11 is 0. The van der Waals surface area contributed by atoms with Crippen molar-refractivity contribution in [2.24, 2.45) is 7.05 Å². The molecule has 2 N–H and O–H groups in total. The van der Waals surface area contributed by atoms with Gasteiger partial charge in [-0.15, -0.1) is 0 Å². The minimum absolute atomic E-state index is 0.127. The molecule has 10 heteroatoms. The highest BCUT2D eigenvalue weighted by atomic mass is 16.3. The number of hydrogen-bond donors (Lipinski definition) is 2. The maximum absolute atomic E-state index is 13.7. The summed E-state index contributed by atoms with van der Waals surface area (Å²) in [5.41, 5.74) is 5.14. The topological polar surface area (TPSA) is 109 Å². The second kappa shape index (κ2) is 12.1. The number of carbonyl (C=O) groups is 1. The highest BCUT2D eigenvalue weighted by Crippen LogP contribution is 2.33. The second-order valence-corrected chi connectivity index (χ2v) is 11.7. The van der Waals surface area contributed by atoms with Crippen LogP contribution < -0.4 is 15.8 Å². The number of aromatic nitrogens is 4. The molecule has 4 aromatic rings. The van der Waals surface area contributed by atoms with Gasteiger partial charge in [0.25, 0.3) is 11.5 Å². The summed E-state index contributed by atoms with van der Waals surface area (Å²) < 4.78 is 3.54. The highest BCUT2D eigenvalue weighted by molar-refractivity contribution is 6.06. The van der Waals surface area contributed by atoms with Gasteiger partial charge in [0.05, 0.1) is 6.61 Å². The number of rotatable bonds is 10. The quantitative estimate of drug-likeness (QED) is 0.269. The lowest BCUT2D eigenvalue weighted by Gasteiger charge is -2.36. The van der Waals surface area contributed by atoms with E-state index in [2.05, 4.69) is 46.4 Å². The van der Waals surface area contributed by atoms with Crippen LogP contribution >= 0.6 is 0 Å². The largest absolute Gasteiger partial charge is 0.392 e. The van der Waals surface area contributed by atoms with Crippen LogP contribution in [0.4, 0.5) is 17.3 Å². The van der Waals surface area contributed by atoms with Crippen molar-refractivity contribution in [2.45, 2.75) is 51.7 Å². The number of amides is 1. The fraction of sp³-hybridized carbons (Fsp3) is 0.394. The number of pyridine rings is 3. The molecule has 1 amide bonds. The highest BCUT2D eigenvalue weighted by Gasteiger charge is 2.30. The van der Waals surface area contributed by atoms with Gasteiger partial charge in [-0.1, -0.05) is 25.8 Å². The van der Waals surface area contributed by atoms with Crippen molar-refractivity contribution in [2.75, 3.05) is 36.9 Å². The van der Waals surface area contributed by atoms with Crippen LogP contribution in [0.15, 0.2) is 59.9 Å². The number of aryl methyl sites for hydroxylation is 2. The van der Waals surface area contributed by atoms with E-state index in [-0.39, 0.29) is 18.1 Å². The molecule has 0 radical (unpaired) electrons. The average Bonchev–Trinajstić information content (AvgIpc) is 3.42. The predicted octanol–water partition coefficient (Wildman–Crippen LogP) is 4.30. The Kier molecular flexibility index (Phi) is 8.14. The molecule has 0 spiro atoms. The molecule has 0 aliphatic carbocycles. The molecular formula is C33H39N7O3. The Morgan fingerprint density at radius 1 is 1.02 bits per heavy atom. The van der Waals surface area contributed by atoms with Crippen molar-refractivity contribution in [1.29, 1.82) is 0 Å². The standard InChI is InChI=1S/C33H39N7O3/c1-4-5-6-7-22-14-29-33(43)40(13-12-39(29)17-22)31-27(21-41)26(10-11-34-31)24-15-28(32(42)38(3)20-24)36-30-9-8-23(16-35-30)25-18-37(2)19-25/h8-11,14-17,20,25,41H,4-7,12-13,18-19,21H2,1-3H3,(H,35,36). The first kappa shape index (κ1) is 28.8. The van der Waals surface area contributed by atoms with Crippen LogP contribution in [-0.2, 0) is 26.6 Å². The minimum Gasteiger partial charge on any atom is -0.392 e. The molecule has 0 bridgehead atoms. The van der Waals surface area contributed by atoms with Gasteiger partial charge in [0, 0.05) is 75.1 Å². The second-order valence-electron chi connectivity index (χ2n) is 11.7. The summed E-state index contributed by atoms with van der Waals surface area (Å²) in [6.07, 6.45) is 11.7. The molecule has 2 aliphatic heterocycles. The number of nitrogens with zero attached hydrogens (tertiary/aromatic N) is 6. The van der Waals surface area contributed by atoms with E-state index < -0.39 is 0 Å². The molecule has 1 fully saturated rings. The lowest BCUT2D eigenvalue weighted by atomic mass is 9.93. The van der Waals surface area contributed by atoms with Crippen molar-refractivity contribution in [3.05, 3.63) is 87.9 Å². The fourth-order valence-corrected chi connectivity index (χ4v) is 6.16. The van der Waals surface area contributed by atoms with E-state index in [1.54, 1.807) is 30.4 Å². The van der Waals surface area contributed by atoms with E-state index >= 15 is 0 Å². The maximum Gasteiger partial charge on any atom is 0.276 e. The Morgan fingerprint density at radius 2 is 1.86 bits per heavy atom. The number of aliphatic hydroxyl groups excluding tert-OH is 1. The number of fused-ring (bicyclic) bond motifs is 1. The third-order valence-electron chi connectivity index (χ3n) is 8.58. The smallest absolute Gasteiger partial charge is 0.276 e. The number of likely N-dealkylation sites (N-methyl/N-ethyl adjacent to an activating group) is 1. The minimum atomic E-state index is -0.309. The molecule has 6 rings (SSSR count). The molecule has 6 heterocycles. The van der Waals surface area contributed by atoms with Crippen LogP contribution in [0.1, 0.15) is 59.3 Å². The molecule has 0 unspecified atom stereocenters. The first-order valence-corrected chi connectivity index (χ1v) is 15.1. The van der Waals surface area contributed by atoms with Crippen LogP contribution in [-0.4, -0.2) is 61.7 Å². The zero-order chi connectivity index (χ0) is 30.1. The lowest BCUT2D eigenvalue weighted by Crippen LogP contribution is -2.41. The molecule has 43 heavy (non-hydrogen) atoms. The van der Waals surface area contributed by atoms with Crippen LogP contribution in [0, 0.1) is 0 Å². The third-order valence-corrected chi connectivity index (χ3v) is 8.58. The van der Waals surface area contributed by atoms with Gasteiger partial charge in [-0.25, -0.2) is 9.97 Å². The molecule has 1 saturated heterocycles. The van der Waals surface area contributed by atoms with Gasteiger partial charge in [0.2, 0.25) is 0 Å². The maximum atomic E-state index is 13.7. The van der Waals surface area contributed by atoms with Crippen molar-refractivity contribution in [3.8, 4) is 11.1 Å². The van der Waals surface area contributed by atoms with Gasteiger partial charge >= 0.3 is 0 Å². The molecule has 2 aliphatic rings. The van der Waals surface area contributed by atoms with Crippen molar-refractivity contribution < 1.29 is 9.90 Å². The van der Waals surface area contributed by atoms with E-state index in [9.17, 15) is 14.7 Å². The van der Waals surface area contributed by atoms with Crippen molar-refractivity contribution in [3.63, 3.8) is 0 Å². The zero-order valence-electron chi connectivity index (χ0n) is 25.1. The van der Waals surface area contributed by atoms with E-state index in [1.165, 1.54) is 22.1 Å². The Balaban J connectivity index is 1.28. The lowest BCUT2D eigenvalue weighted by molar-refractivity contribution is 0.0964. The molecule has 0 aromatic carbocycles. The molecule has 0 atom stereocenters. The predicted molar refractivity (Wildman–Crippen MR) is 168 cm³/mol. The summed E-state index contributed by atoms with van der Waals surface area (Å²) in [5.74, 6) is 1.38. The number of likely N-dealkylation sites (tertiary alicyclic amines) is 1. The third kappa shape index (κ3) is 5.72. The van der Waals surface area contributed by atoms with Crippen molar-refractivity contribution in [1.82, 2.24) is 24.0 Å². The molecule has 0 saturated carbocycles. The van der Waals surface area contributed by atoms with Gasteiger partial charge < -0.3 is 24.5 Å². The number of hydrogen-bond acceptors (Lipinski definition) is 7. The number of aliphatic hydroxyl groups is 1. The monoisotopic (exact) mass is 581 g/mol. The normalized spacial score (nSPS) is 15.4. The van der Waals surface area contributed by atoms with Gasteiger partial charge in [0.1, 0.15) is 23.0 Å². The van der Waals surface area contributed by atoms with Gasteiger partial charge in [-0.05, 0) is 60.8 Å². The Bertz CT molecular complexity index is 1690. The SMILES string of the molecule is CCCCCc1cc2n(c1)CCN(c1nccc(-c3cc(Nc4ccc(C5CN(C)C5)cn4)c(=O)n(C)c3)c1CO)C2=O. The van der Waals surface area contributed by atoms with E-state index in [0.717, 1.165) is 37.9 Å². The fourth-order valence-electron chi connectivity index (χ4n) is 6.16. The molecular weight excluding hydrogens is 542 g/mol. The first-order valence-electron chi connectivity index (χ1n) is 15.1. The summed E-state index contributed by atoms with van der Waals surface area (Å²) in [4.78, 5) is 39.8. The Hall–Kier alpha value is -4.28. The van der Waals surface area contributed by atoms with Gasteiger partial charge in [-0.2, -0.15) is 0 Å². The molecule has 4 aromatic heterocycles. The van der Waals surface area contributed by atoms with Gasteiger partial charge in [-0.3, -0.25) is 14.5 Å². The summed E-state index contributed by atoms with van der Waals surface area (Å²) in [7, 11) is 3.80. The Labute approximate surface area is 251 Å². The average molecular weight is 582 g/mol. The number of anilines is 3. The van der Waals surface area contributed by atoms with Crippen molar-refractivity contribution >= 4 is 23.2 Å². The number of nitrogens with one attached hydrogen (secondary N) is 1. The number of carbonyl (C=O) groups excluding carboxylic acids is 1. The van der Waals surface area contributed by atoms with Crippen LogP contribution in [0.5, 0.6) is 0 Å². The zero-order valence-corrected chi connectivity index (χ0v) is 25.1. The van der Waals surface area contributed by atoms with Crippen LogP contribution in [0.2, 0.25) is 0 Å². The van der Waals surface area contributed by atoms with Crippen LogP contribution in [0.3, 0.4) is 0 Å². The van der Waals surface area contributed by atoms with E-state index in [4.69, 9.17) is 0 Å². The van der Waals surface area contributed by atoms with E-state index in [1.807, 2.05) is 29.0 Å². The van der Waals surface area contributed by atoms with E-state index in [0.29, 0.717) is 53.2 Å². The summed E-state index contributed by atoms with van der Waals surface area (Å²) in [6, 6.07) is 9.52.